The zero-order chi connectivity index (χ0) is 18.8. The highest BCUT2D eigenvalue weighted by Crippen LogP contribution is 2.28. The maximum atomic E-state index is 13.6. The molecule has 0 unspecified atom stereocenters. The van der Waals surface area contributed by atoms with Gasteiger partial charge in [0.1, 0.15) is 11.6 Å². The van der Waals surface area contributed by atoms with E-state index in [2.05, 4.69) is 0 Å². The lowest BCUT2D eigenvalue weighted by atomic mass is 10.0. The summed E-state index contributed by atoms with van der Waals surface area (Å²) in [5.41, 5.74) is 2.46. The summed E-state index contributed by atoms with van der Waals surface area (Å²) < 4.78 is 19.2. The van der Waals surface area contributed by atoms with Gasteiger partial charge in [-0.25, -0.2) is 4.39 Å². The second-order valence-electron chi connectivity index (χ2n) is 6.85. The lowest BCUT2D eigenvalue weighted by molar-refractivity contribution is -0.120. The first-order chi connectivity index (χ1) is 13.1. The molecule has 0 spiro atoms. The Labute approximate surface area is 157 Å². The van der Waals surface area contributed by atoms with Crippen molar-refractivity contribution < 1.29 is 18.7 Å². The summed E-state index contributed by atoms with van der Waals surface area (Å²) in [5, 5.41) is 0. The van der Waals surface area contributed by atoms with Gasteiger partial charge >= 0.3 is 0 Å². The fraction of sp³-hybridized carbons (Fsp3) is 0.333. The second-order valence-corrected chi connectivity index (χ2v) is 6.85. The summed E-state index contributed by atoms with van der Waals surface area (Å²) in [6.07, 6.45) is 3.16. The van der Waals surface area contributed by atoms with Crippen LogP contribution in [-0.2, 0) is 16.0 Å². The van der Waals surface area contributed by atoms with Crippen LogP contribution >= 0.6 is 0 Å². The van der Waals surface area contributed by atoms with Gasteiger partial charge in [0, 0.05) is 30.9 Å². The second kappa shape index (κ2) is 7.39. The SMILES string of the molecule is O=C1CCCN1c1ccc(OCC(=O)N2CCCc3ccc(F)cc32)cc1. The van der Waals surface area contributed by atoms with Gasteiger partial charge in [-0.2, -0.15) is 0 Å². The number of ether oxygens (including phenoxy) is 1. The minimum absolute atomic E-state index is 0.113. The van der Waals surface area contributed by atoms with Crippen molar-refractivity contribution in [3.8, 4) is 5.75 Å². The van der Waals surface area contributed by atoms with Gasteiger partial charge in [0.05, 0.1) is 0 Å². The van der Waals surface area contributed by atoms with E-state index in [1.54, 1.807) is 28.0 Å². The molecule has 2 amide bonds. The van der Waals surface area contributed by atoms with Crippen LogP contribution in [0.5, 0.6) is 5.75 Å². The number of aryl methyl sites for hydroxylation is 1. The molecule has 6 heteroatoms. The van der Waals surface area contributed by atoms with Crippen LogP contribution in [0.3, 0.4) is 0 Å². The van der Waals surface area contributed by atoms with Crippen molar-refractivity contribution in [2.24, 2.45) is 0 Å². The van der Waals surface area contributed by atoms with E-state index in [-0.39, 0.29) is 24.2 Å². The number of halogens is 1. The zero-order valence-electron chi connectivity index (χ0n) is 15.0. The van der Waals surface area contributed by atoms with Crippen molar-refractivity contribution in [2.45, 2.75) is 25.7 Å². The van der Waals surface area contributed by atoms with Gasteiger partial charge in [0.25, 0.3) is 5.91 Å². The monoisotopic (exact) mass is 368 g/mol. The van der Waals surface area contributed by atoms with Gasteiger partial charge in [0.15, 0.2) is 6.61 Å². The Balaban J connectivity index is 1.40. The molecular formula is C21H21FN2O3. The zero-order valence-corrected chi connectivity index (χ0v) is 15.0. The van der Waals surface area contributed by atoms with Gasteiger partial charge in [-0.1, -0.05) is 6.07 Å². The molecule has 0 radical (unpaired) electrons. The van der Waals surface area contributed by atoms with Crippen molar-refractivity contribution in [1.82, 2.24) is 0 Å². The van der Waals surface area contributed by atoms with Crippen LogP contribution in [-0.4, -0.2) is 31.5 Å². The third-order valence-corrected chi connectivity index (χ3v) is 5.05. The topological polar surface area (TPSA) is 49.9 Å². The van der Waals surface area contributed by atoms with Crippen LogP contribution in [0.1, 0.15) is 24.8 Å². The minimum Gasteiger partial charge on any atom is -0.484 e. The summed E-state index contributed by atoms with van der Waals surface area (Å²) in [4.78, 5) is 27.7. The van der Waals surface area contributed by atoms with E-state index >= 15 is 0 Å². The van der Waals surface area contributed by atoms with Crippen molar-refractivity contribution >= 4 is 23.2 Å². The maximum absolute atomic E-state index is 13.6. The molecule has 0 atom stereocenters. The molecule has 0 aromatic heterocycles. The molecule has 2 aromatic rings. The first-order valence-electron chi connectivity index (χ1n) is 9.24. The van der Waals surface area contributed by atoms with E-state index in [1.807, 2.05) is 12.1 Å². The molecular weight excluding hydrogens is 347 g/mol. The third kappa shape index (κ3) is 3.65. The van der Waals surface area contributed by atoms with E-state index in [4.69, 9.17) is 4.74 Å². The van der Waals surface area contributed by atoms with E-state index in [9.17, 15) is 14.0 Å². The van der Waals surface area contributed by atoms with E-state index in [0.29, 0.717) is 24.4 Å². The molecule has 140 valence electrons. The Kier molecular flexibility index (Phi) is 4.79. The fourth-order valence-corrected chi connectivity index (χ4v) is 3.67. The van der Waals surface area contributed by atoms with Crippen molar-refractivity contribution in [2.75, 3.05) is 29.5 Å². The standard InChI is InChI=1S/C21H21FN2O3/c22-16-6-5-15-3-1-12-24(19(15)13-16)21(26)14-27-18-9-7-17(8-10-18)23-11-2-4-20(23)25/h5-10,13H,1-4,11-12,14H2. The molecule has 0 N–H and O–H groups in total. The maximum Gasteiger partial charge on any atom is 0.264 e. The minimum atomic E-state index is -0.346. The van der Waals surface area contributed by atoms with Crippen LogP contribution in [0.4, 0.5) is 15.8 Å². The first kappa shape index (κ1) is 17.5. The van der Waals surface area contributed by atoms with Gasteiger partial charge in [-0.15, -0.1) is 0 Å². The molecule has 4 rings (SSSR count). The number of hydrogen-bond donors (Lipinski definition) is 0. The molecule has 2 aliphatic heterocycles. The van der Waals surface area contributed by atoms with Gasteiger partial charge < -0.3 is 14.5 Å². The van der Waals surface area contributed by atoms with Crippen molar-refractivity contribution in [3.63, 3.8) is 0 Å². The highest BCUT2D eigenvalue weighted by Gasteiger charge is 2.24. The first-order valence-corrected chi connectivity index (χ1v) is 9.24. The molecule has 2 aromatic carbocycles. The van der Waals surface area contributed by atoms with Crippen molar-refractivity contribution in [3.05, 3.63) is 53.8 Å². The highest BCUT2D eigenvalue weighted by atomic mass is 19.1. The predicted octanol–water partition coefficient (Wildman–Crippen LogP) is 3.31. The number of fused-ring (bicyclic) bond motifs is 1. The van der Waals surface area contributed by atoms with Crippen LogP contribution in [0.25, 0.3) is 0 Å². The lowest BCUT2D eigenvalue weighted by Gasteiger charge is -2.29. The number of carbonyl (C=O) groups is 2. The van der Waals surface area contributed by atoms with Crippen LogP contribution in [0, 0.1) is 5.82 Å². The number of amides is 2. The smallest absolute Gasteiger partial charge is 0.264 e. The number of carbonyl (C=O) groups excluding carboxylic acids is 2. The number of rotatable bonds is 4. The number of nitrogens with zero attached hydrogens (tertiary/aromatic N) is 2. The van der Waals surface area contributed by atoms with Crippen LogP contribution in [0.15, 0.2) is 42.5 Å². The predicted molar refractivity (Wildman–Crippen MR) is 101 cm³/mol. The molecule has 2 aliphatic rings. The summed E-state index contributed by atoms with van der Waals surface area (Å²) in [6, 6.07) is 11.8. The molecule has 1 saturated heterocycles. The normalized spacial score (nSPS) is 16.4. The third-order valence-electron chi connectivity index (χ3n) is 5.05. The quantitative estimate of drug-likeness (QED) is 0.832. The number of benzene rings is 2. The summed E-state index contributed by atoms with van der Waals surface area (Å²) in [7, 11) is 0. The van der Waals surface area contributed by atoms with Gasteiger partial charge in [-0.3, -0.25) is 9.59 Å². The lowest BCUT2D eigenvalue weighted by Crippen LogP contribution is -2.38. The molecule has 2 heterocycles. The Morgan fingerprint density at radius 3 is 2.56 bits per heavy atom. The average Bonchev–Trinajstić information content (AvgIpc) is 3.12. The molecule has 5 nitrogen and oxygen atoms in total. The molecule has 1 fully saturated rings. The van der Waals surface area contributed by atoms with Gasteiger partial charge in [0.2, 0.25) is 5.91 Å². The largest absolute Gasteiger partial charge is 0.484 e. The number of hydrogen-bond acceptors (Lipinski definition) is 3. The Morgan fingerprint density at radius 2 is 1.81 bits per heavy atom. The Hall–Kier alpha value is -2.89. The van der Waals surface area contributed by atoms with Gasteiger partial charge in [-0.05, 0) is 61.2 Å². The van der Waals surface area contributed by atoms with E-state index < -0.39 is 0 Å². The Morgan fingerprint density at radius 1 is 1.04 bits per heavy atom. The van der Waals surface area contributed by atoms with E-state index in [0.717, 1.165) is 37.1 Å². The highest BCUT2D eigenvalue weighted by molar-refractivity contribution is 5.96. The average molecular weight is 368 g/mol. The summed E-state index contributed by atoms with van der Waals surface area (Å²) in [6.45, 7) is 1.19. The Bertz CT molecular complexity index is 866. The molecule has 27 heavy (non-hydrogen) atoms. The van der Waals surface area contributed by atoms with Crippen LogP contribution in [0.2, 0.25) is 0 Å². The molecule has 0 aliphatic carbocycles. The summed E-state index contributed by atoms with van der Waals surface area (Å²) >= 11 is 0. The molecule has 0 bridgehead atoms. The number of anilines is 2. The van der Waals surface area contributed by atoms with Crippen LogP contribution < -0.4 is 14.5 Å². The van der Waals surface area contributed by atoms with E-state index in [1.165, 1.54) is 12.1 Å². The molecule has 0 saturated carbocycles. The summed E-state index contributed by atoms with van der Waals surface area (Å²) in [5.74, 6) is 0.159. The fourth-order valence-electron chi connectivity index (χ4n) is 3.67. The van der Waals surface area contributed by atoms with Crippen molar-refractivity contribution in [1.29, 1.82) is 0 Å².